The van der Waals surface area contributed by atoms with Crippen LogP contribution in [0.15, 0.2) is 23.1 Å². The van der Waals surface area contributed by atoms with Gasteiger partial charge < -0.3 is 10.4 Å². The smallest absolute Gasteiger partial charge is 0.369 e. The highest BCUT2D eigenvalue weighted by molar-refractivity contribution is 7.99. The molecular formula is C12H9F6NO2S. The van der Waals surface area contributed by atoms with Crippen molar-refractivity contribution < 1.29 is 36.2 Å². The topological polar surface area (TPSA) is 49.3 Å². The number of fused-ring (bicyclic) bond motifs is 1. The predicted octanol–water partition coefficient (Wildman–Crippen LogP) is 3.43. The molecule has 1 aliphatic rings. The molecule has 2 N–H and O–H groups in total. The van der Waals surface area contributed by atoms with Gasteiger partial charge in [0.2, 0.25) is 5.91 Å². The summed E-state index contributed by atoms with van der Waals surface area (Å²) in [5, 5.41) is 11.7. The van der Waals surface area contributed by atoms with Crippen molar-refractivity contribution in [2.24, 2.45) is 0 Å². The minimum absolute atomic E-state index is 0.0373. The molecule has 0 radical (unpaired) electrons. The molecule has 0 aliphatic carbocycles. The van der Waals surface area contributed by atoms with Gasteiger partial charge in [-0.25, -0.2) is 0 Å². The van der Waals surface area contributed by atoms with E-state index in [4.69, 9.17) is 0 Å². The van der Waals surface area contributed by atoms with Gasteiger partial charge in [0, 0.05) is 22.6 Å². The standard InChI is InChI=1S/C12H9F6NO2S/c13-11(14,15)10(21,12(16,17)18)6-1-2-7-8(5-6)22-4-3-9(20)19-7/h1-2,5,21H,3-4H2,(H,19,20). The Kier molecular flexibility index (Phi) is 4.11. The molecule has 1 amide bonds. The van der Waals surface area contributed by atoms with Gasteiger partial charge in [0.05, 0.1) is 5.69 Å². The molecule has 1 aromatic rings. The molecule has 10 heteroatoms. The number of nitrogens with one attached hydrogen (secondary N) is 1. The number of carbonyl (C=O) groups excluding carboxylic acids is 1. The lowest BCUT2D eigenvalue weighted by atomic mass is 9.92. The zero-order chi connectivity index (χ0) is 16.8. The van der Waals surface area contributed by atoms with E-state index < -0.39 is 23.5 Å². The Balaban J connectivity index is 2.56. The van der Waals surface area contributed by atoms with E-state index in [0.29, 0.717) is 12.1 Å². The van der Waals surface area contributed by atoms with Gasteiger partial charge in [-0.15, -0.1) is 11.8 Å². The number of thioether (sulfide) groups is 1. The molecule has 0 aromatic heterocycles. The van der Waals surface area contributed by atoms with Crippen LogP contribution in [0.25, 0.3) is 0 Å². The minimum Gasteiger partial charge on any atom is -0.369 e. The average Bonchev–Trinajstić information content (AvgIpc) is 2.54. The Morgan fingerprint density at radius 2 is 1.68 bits per heavy atom. The zero-order valence-corrected chi connectivity index (χ0v) is 11.5. The molecule has 2 rings (SSSR count). The highest BCUT2D eigenvalue weighted by atomic mass is 32.2. The van der Waals surface area contributed by atoms with E-state index in [-0.39, 0.29) is 28.7 Å². The van der Waals surface area contributed by atoms with Crippen molar-refractivity contribution in [1.29, 1.82) is 0 Å². The van der Waals surface area contributed by atoms with E-state index in [0.717, 1.165) is 17.8 Å². The Bertz CT molecular complexity index is 584. The van der Waals surface area contributed by atoms with Gasteiger partial charge in [-0.3, -0.25) is 4.79 Å². The molecule has 0 saturated carbocycles. The van der Waals surface area contributed by atoms with E-state index in [9.17, 15) is 36.2 Å². The van der Waals surface area contributed by atoms with Crippen molar-refractivity contribution in [3.05, 3.63) is 23.8 Å². The largest absolute Gasteiger partial charge is 0.430 e. The number of hydrogen-bond donors (Lipinski definition) is 2. The molecule has 1 aliphatic heterocycles. The molecule has 3 nitrogen and oxygen atoms in total. The van der Waals surface area contributed by atoms with Gasteiger partial charge in [-0.05, 0) is 12.1 Å². The van der Waals surface area contributed by atoms with Gasteiger partial charge in [0.1, 0.15) is 0 Å². The third kappa shape index (κ3) is 2.76. The van der Waals surface area contributed by atoms with Crippen LogP contribution in [0.4, 0.5) is 32.0 Å². The van der Waals surface area contributed by atoms with Gasteiger partial charge in [-0.1, -0.05) is 6.07 Å². The van der Waals surface area contributed by atoms with Crippen molar-refractivity contribution in [3.63, 3.8) is 0 Å². The summed E-state index contributed by atoms with van der Waals surface area (Å²) in [6.45, 7) is 0. The lowest BCUT2D eigenvalue weighted by Crippen LogP contribution is -2.53. The van der Waals surface area contributed by atoms with Gasteiger partial charge >= 0.3 is 12.4 Å². The lowest BCUT2D eigenvalue weighted by Gasteiger charge is -2.33. The molecule has 0 atom stereocenters. The number of alkyl halides is 6. The van der Waals surface area contributed by atoms with Crippen molar-refractivity contribution >= 4 is 23.4 Å². The molecule has 1 aromatic carbocycles. The molecule has 0 fully saturated rings. The highest BCUT2D eigenvalue weighted by Gasteiger charge is 2.71. The van der Waals surface area contributed by atoms with Crippen molar-refractivity contribution in [3.8, 4) is 0 Å². The van der Waals surface area contributed by atoms with E-state index >= 15 is 0 Å². The van der Waals surface area contributed by atoms with Crippen molar-refractivity contribution in [2.75, 3.05) is 11.1 Å². The summed E-state index contributed by atoms with van der Waals surface area (Å²) in [5.74, 6) is -0.181. The number of benzene rings is 1. The monoisotopic (exact) mass is 345 g/mol. The van der Waals surface area contributed by atoms with Gasteiger partial charge in [0.15, 0.2) is 0 Å². The fourth-order valence-electron chi connectivity index (χ4n) is 1.92. The predicted molar refractivity (Wildman–Crippen MR) is 66.4 cm³/mol. The van der Waals surface area contributed by atoms with Gasteiger partial charge in [-0.2, -0.15) is 26.3 Å². The second-order valence-electron chi connectivity index (χ2n) is 4.56. The summed E-state index contributed by atoms with van der Waals surface area (Å²) in [7, 11) is 0. The van der Waals surface area contributed by atoms with Gasteiger partial charge in [0.25, 0.3) is 5.60 Å². The number of rotatable bonds is 1. The van der Waals surface area contributed by atoms with E-state index in [2.05, 4.69) is 5.32 Å². The normalized spacial score (nSPS) is 16.8. The lowest BCUT2D eigenvalue weighted by molar-refractivity contribution is -0.376. The third-order valence-electron chi connectivity index (χ3n) is 3.08. The van der Waals surface area contributed by atoms with E-state index in [1.165, 1.54) is 0 Å². The van der Waals surface area contributed by atoms with Crippen LogP contribution in [0.3, 0.4) is 0 Å². The number of anilines is 1. The second-order valence-corrected chi connectivity index (χ2v) is 5.70. The summed E-state index contributed by atoms with van der Waals surface area (Å²) >= 11 is 0.936. The molecule has 0 spiro atoms. The first kappa shape index (κ1) is 16.9. The SMILES string of the molecule is O=C1CCSc2cc(C(O)(C(F)(F)F)C(F)(F)F)ccc2N1. The summed E-state index contributed by atoms with van der Waals surface area (Å²) < 4.78 is 76.9. The fraction of sp³-hybridized carbons (Fsp3) is 0.417. The Hall–Kier alpha value is -1.42. The molecule has 0 unspecified atom stereocenters. The molecule has 0 bridgehead atoms. The first-order chi connectivity index (χ1) is 9.97. The maximum Gasteiger partial charge on any atom is 0.430 e. The van der Waals surface area contributed by atoms with Crippen LogP contribution >= 0.6 is 11.8 Å². The summed E-state index contributed by atoms with van der Waals surface area (Å²) in [4.78, 5) is 11.3. The van der Waals surface area contributed by atoms with E-state index in [1.807, 2.05) is 0 Å². The maximum atomic E-state index is 12.8. The molecular weight excluding hydrogens is 336 g/mol. The van der Waals surface area contributed by atoms with Crippen LogP contribution in [0.2, 0.25) is 0 Å². The number of amides is 1. The number of halogens is 6. The van der Waals surface area contributed by atoms with Crippen LogP contribution in [-0.4, -0.2) is 29.1 Å². The minimum atomic E-state index is -5.93. The Morgan fingerprint density at radius 3 is 2.23 bits per heavy atom. The Labute approximate surface area is 124 Å². The van der Waals surface area contributed by atoms with Crippen LogP contribution < -0.4 is 5.32 Å². The quantitative estimate of drug-likeness (QED) is 0.767. The first-order valence-electron chi connectivity index (χ1n) is 5.90. The van der Waals surface area contributed by atoms with Crippen LogP contribution in [-0.2, 0) is 10.4 Å². The molecule has 0 saturated heterocycles. The van der Waals surface area contributed by atoms with Crippen LogP contribution in [0.1, 0.15) is 12.0 Å². The molecule has 1 heterocycles. The average molecular weight is 345 g/mol. The number of aliphatic hydroxyl groups is 1. The summed E-state index contributed by atoms with van der Waals surface area (Å²) in [6, 6.07) is 2.03. The highest BCUT2D eigenvalue weighted by Crippen LogP contribution is 2.51. The fourth-order valence-corrected chi connectivity index (χ4v) is 2.92. The zero-order valence-electron chi connectivity index (χ0n) is 10.7. The van der Waals surface area contributed by atoms with E-state index in [1.54, 1.807) is 0 Å². The second kappa shape index (κ2) is 5.34. The third-order valence-corrected chi connectivity index (χ3v) is 4.14. The van der Waals surface area contributed by atoms with Crippen LogP contribution in [0, 0.1) is 0 Å². The maximum absolute atomic E-state index is 12.8. The van der Waals surface area contributed by atoms with Crippen molar-refractivity contribution in [1.82, 2.24) is 0 Å². The number of hydrogen-bond acceptors (Lipinski definition) is 3. The first-order valence-corrected chi connectivity index (χ1v) is 6.88. The molecule has 22 heavy (non-hydrogen) atoms. The number of carbonyl (C=O) groups is 1. The summed E-state index contributed by atoms with van der Waals surface area (Å²) in [5.41, 5.74) is -6.19. The Morgan fingerprint density at radius 1 is 1.09 bits per heavy atom. The van der Waals surface area contributed by atoms with Crippen molar-refractivity contribution in [2.45, 2.75) is 29.3 Å². The molecule has 122 valence electrons. The summed E-state index contributed by atoms with van der Waals surface area (Å²) in [6.07, 6.45) is -11.8. The van der Waals surface area contributed by atoms with Crippen LogP contribution in [0.5, 0.6) is 0 Å².